The van der Waals surface area contributed by atoms with Crippen LogP contribution >= 0.6 is 24.0 Å². The zero-order valence-corrected chi connectivity index (χ0v) is 17.6. The average Bonchev–Trinajstić information content (AvgIpc) is 2.62. The number of aliphatic imine (C=N–C) groups is 1. The van der Waals surface area contributed by atoms with E-state index in [1.807, 2.05) is 0 Å². The van der Waals surface area contributed by atoms with Gasteiger partial charge in [0.25, 0.3) is 0 Å². The van der Waals surface area contributed by atoms with E-state index in [1.165, 1.54) is 19.2 Å². The number of nitrogens with two attached hydrogens (primary N) is 1. The van der Waals surface area contributed by atoms with E-state index in [4.69, 9.17) is 15.2 Å². The van der Waals surface area contributed by atoms with Gasteiger partial charge in [-0.25, -0.2) is 0 Å². The Labute approximate surface area is 177 Å². The molecule has 2 aromatic carbocycles. The van der Waals surface area contributed by atoms with Crippen molar-refractivity contribution in [1.29, 1.82) is 0 Å². The van der Waals surface area contributed by atoms with E-state index in [0.717, 1.165) is 5.56 Å². The molecule has 0 fully saturated rings. The first-order valence-electron chi connectivity index (χ1n) is 7.94. The molecule has 0 saturated carbocycles. The number of halogens is 4. The van der Waals surface area contributed by atoms with Gasteiger partial charge in [0.15, 0.2) is 5.96 Å². The number of rotatable bonds is 7. The summed E-state index contributed by atoms with van der Waals surface area (Å²) in [5, 5.41) is 2.94. The van der Waals surface area contributed by atoms with Gasteiger partial charge in [0.2, 0.25) is 0 Å². The fourth-order valence-electron chi connectivity index (χ4n) is 2.25. The van der Waals surface area contributed by atoms with Crippen LogP contribution in [0.2, 0.25) is 0 Å². The molecule has 154 valence electrons. The van der Waals surface area contributed by atoms with Crippen LogP contribution in [0.4, 0.5) is 18.9 Å². The molecule has 0 atom stereocenters. The molecule has 2 aromatic rings. The summed E-state index contributed by atoms with van der Waals surface area (Å²) in [4.78, 5) is 4.20. The predicted octanol–water partition coefficient (Wildman–Crippen LogP) is 4.19. The van der Waals surface area contributed by atoms with Gasteiger partial charge in [-0.15, -0.1) is 37.1 Å². The van der Waals surface area contributed by atoms with Crippen LogP contribution in [0.15, 0.2) is 47.5 Å². The fourth-order valence-corrected chi connectivity index (χ4v) is 2.25. The molecule has 10 heteroatoms. The number of alkyl halides is 3. The highest BCUT2D eigenvalue weighted by Gasteiger charge is 2.30. The standard InChI is InChI=1S/C18H20F3N3O3.HI/c1-25-14-7-8-16(26-2)15(11-14)24-17(22)23-10-9-12-3-5-13(6-4-12)27-18(19,20)21;/h3-8,11H,9-10H2,1-2H3,(H3,22,23,24);1H. The van der Waals surface area contributed by atoms with Crippen molar-refractivity contribution in [2.24, 2.45) is 10.7 Å². The number of hydrogen-bond donors (Lipinski definition) is 2. The normalized spacial score (nSPS) is 11.4. The molecule has 0 unspecified atom stereocenters. The van der Waals surface area contributed by atoms with E-state index in [1.54, 1.807) is 37.4 Å². The molecule has 0 heterocycles. The molecule has 6 nitrogen and oxygen atoms in total. The highest BCUT2D eigenvalue weighted by molar-refractivity contribution is 14.0. The van der Waals surface area contributed by atoms with E-state index in [0.29, 0.717) is 30.2 Å². The lowest BCUT2D eigenvalue weighted by molar-refractivity contribution is -0.274. The SMILES string of the molecule is COc1ccc(OC)c(NC(N)=NCCc2ccc(OC(F)(F)F)cc2)c1.I. The lowest BCUT2D eigenvalue weighted by atomic mass is 10.1. The number of nitrogens with zero attached hydrogens (tertiary/aromatic N) is 1. The van der Waals surface area contributed by atoms with Crippen LogP contribution in [0.1, 0.15) is 5.56 Å². The molecular formula is C18H21F3IN3O3. The number of ether oxygens (including phenoxy) is 3. The van der Waals surface area contributed by atoms with Crippen molar-refractivity contribution in [1.82, 2.24) is 0 Å². The second-order valence-corrected chi connectivity index (χ2v) is 5.40. The van der Waals surface area contributed by atoms with Crippen molar-refractivity contribution in [2.45, 2.75) is 12.8 Å². The monoisotopic (exact) mass is 511 g/mol. The summed E-state index contributed by atoms with van der Waals surface area (Å²) >= 11 is 0. The van der Waals surface area contributed by atoms with Gasteiger partial charge in [-0.1, -0.05) is 12.1 Å². The predicted molar refractivity (Wildman–Crippen MR) is 112 cm³/mol. The van der Waals surface area contributed by atoms with Crippen molar-refractivity contribution in [2.75, 3.05) is 26.1 Å². The third-order valence-electron chi connectivity index (χ3n) is 3.51. The number of anilines is 1. The van der Waals surface area contributed by atoms with Gasteiger partial charge < -0.3 is 25.3 Å². The molecule has 0 aliphatic heterocycles. The Balaban J connectivity index is 0.00000392. The van der Waals surface area contributed by atoms with Gasteiger partial charge in [0.05, 0.1) is 19.9 Å². The van der Waals surface area contributed by atoms with E-state index < -0.39 is 6.36 Å². The maximum atomic E-state index is 12.1. The van der Waals surface area contributed by atoms with Gasteiger partial charge in [0, 0.05) is 12.6 Å². The van der Waals surface area contributed by atoms with Crippen LogP contribution in [0.3, 0.4) is 0 Å². The van der Waals surface area contributed by atoms with Crippen molar-refractivity contribution >= 4 is 35.6 Å². The zero-order chi connectivity index (χ0) is 19.9. The Bertz CT molecular complexity index is 784. The maximum absolute atomic E-state index is 12.1. The van der Waals surface area contributed by atoms with E-state index in [2.05, 4.69) is 15.0 Å². The first kappa shape index (κ1) is 23.7. The lowest BCUT2D eigenvalue weighted by Gasteiger charge is -2.12. The Morgan fingerprint density at radius 1 is 1.04 bits per heavy atom. The van der Waals surface area contributed by atoms with E-state index in [9.17, 15) is 13.2 Å². The zero-order valence-electron chi connectivity index (χ0n) is 15.2. The second-order valence-electron chi connectivity index (χ2n) is 5.40. The van der Waals surface area contributed by atoms with Crippen LogP contribution in [0.5, 0.6) is 17.2 Å². The number of benzene rings is 2. The van der Waals surface area contributed by atoms with Crippen molar-refractivity contribution < 1.29 is 27.4 Å². The minimum atomic E-state index is -4.70. The second kappa shape index (κ2) is 10.8. The molecule has 3 N–H and O–H groups in total. The van der Waals surface area contributed by atoms with Gasteiger partial charge in [-0.05, 0) is 36.2 Å². The van der Waals surface area contributed by atoms with Crippen molar-refractivity contribution in [3.8, 4) is 17.2 Å². The summed E-state index contributed by atoms with van der Waals surface area (Å²) in [6, 6.07) is 10.8. The number of hydrogen-bond acceptors (Lipinski definition) is 4. The minimum absolute atomic E-state index is 0. The maximum Gasteiger partial charge on any atom is 0.573 e. The molecule has 0 radical (unpaired) electrons. The Hall–Kier alpha value is -2.37. The lowest BCUT2D eigenvalue weighted by Crippen LogP contribution is -2.23. The summed E-state index contributed by atoms with van der Waals surface area (Å²) in [7, 11) is 3.08. The molecule has 0 amide bonds. The van der Waals surface area contributed by atoms with E-state index in [-0.39, 0.29) is 35.7 Å². The molecule has 0 spiro atoms. The molecule has 0 saturated heterocycles. The fraction of sp³-hybridized carbons (Fsp3) is 0.278. The van der Waals surface area contributed by atoms with Crippen molar-refractivity contribution in [3.05, 3.63) is 48.0 Å². The molecule has 0 aliphatic carbocycles. The first-order chi connectivity index (χ1) is 12.8. The first-order valence-corrected chi connectivity index (χ1v) is 7.94. The van der Waals surface area contributed by atoms with Crippen LogP contribution < -0.4 is 25.3 Å². The van der Waals surface area contributed by atoms with Crippen LogP contribution in [0, 0.1) is 0 Å². The molecular weight excluding hydrogens is 490 g/mol. The Morgan fingerprint density at radius 2 is 1.68 bits per heavy atom. The summed E-state index contributed by atoms with van der Waals surface area (Å²) in [6.45, 7) is 0.352. The summed E-state index contributed by atoms with van der Waals surface area (Å²) in [5.74, 6) is 1.13. The van der Waals surface area contributed by atoms with Gasteiger partial charge >= 0.3 is 6.36 Å². The average molecular weight is 511 g/mol. The topological polar surface area (TPSA) is 78.1 Å². The third-order valence-corrected chi connectivity index (χ3v) is 3.51. The third kappa shape index (κ3) is 7.71. The molecule has 0 bridgehead atoms. The number of methoxy groups -OCH3 is 2. The smallest absolute Gasteiger partial charge is 0.497 e. The number of guanidine groups is 1. The number of nitrogens with one attached hydrogen (secondary N) is 1. The highest BCUT2D eigenvalue weighted by Crippen LogP contribution is 2.28. The van der Waals surface area contributed by atoms with Gasteiger partial charge in [-0.3, -0.25) is 4.99 Å². The minimum Gasteiger partial charge on any atom is -0.497 e. The van der Waals surface area contributed by atoms with Crippen LogP contribution in [-0.2, 0) is 6.42 Å². The summed E-state index contributed by atoms with van der Waals surface area (Å²) in [5.41, 5.74) is 7.29. The molecule has 0 aromatic heterocycles. The van der Waals surface area contributed by atoms with Gasteiger partial charge in [-0.2, -0.15) is 0 Å². The van der Waals surface area contributed by atoms with Crippen LogP contribution in [-0.4, -0.2) is 33.1 Å². The van der Waals surface area contributed by atoms with Crippen molar-refractivity contribution in [3.63, 3.8) is 0 Å². The molecule has 28 heavy (non-hydrogen) atoms. The molecule has 2 rings (SSSR count). The van der Waals surface area contributed by atoms with E-state index >= 15 is 0 Å². The Kier molecular flexibility index (Phi) is 9.16. The highest BCUT2D eigenvalue weighted by atomic mass is 127. The largest absolute Gasteiger partial charge is 0.573 e. The van der Waals surface area contributed by atoms with Gasteiger partial charge in [0.1, 0.15) is 17.2 Å². The van der Waals surface area contributed by atoms with Crippen LogP contribution in [0.25, 0.3) is 0 Å². The Morgan fingerprint density at radius 3 is 2.25 bits per heavy atom. The summed E-state index contributed by atoms with van der Waals surface area (Å²) < 4.78 is 50.6. The molecule has 0 aliphatic rings. The summed E-state index contributed by atoms with van der Waals surface area (Å²) in [6.07, 6.45) is -4.20. The quantitative estimate of drug-likeness (QED) is 0.331.